The third-order valence-electron chi connectivity index (χ3n) is 2.40. The summed E-state index contributed by atoms with van der Waals surface area (Å²) < 4.78 is 1.60. The van der Waals surface area contributed by atoms with Crippen LogP contribution < -0.4 is 0 Å². The fraction of sp³-hybridized carbons (Fsp3) is 0.556. The van der Waals surface area contributed by atoms with Crippen molar-refractivity contribution in [2.45, 2.75) is 12.5 Å². The number of amides is 1. The third-order valence-corrected chi connectivity index (χ3v) is 2.40. The fourth-order valence-corrected chi connectivity index (χ4v) is 1.64. The maximum Gasteiger partial charge on any atom is 0.257 e. The van der Waals surface area contributed by atoms with Gasteiger partial charge >= 0.3 is 0 Å². The van der Waals surface area contributed by atoms with Gasteiger partial charge in [0, 0.05) is 26.3 Å². The zero-order chi connectivity index (χ0) is 10.1. The summed E-state index contributed by atoms with van der Waals surface area (Å²) in [6.45, 7) is 1.07. The molecule has 0 radical (unpaired) electrons. The summed E-state index contributed by atoms with van der Waals surface area (Å²) in [5.74, 6) is -0.0466. The van der Waals surface area contributed by atoms with Crippen LogP contribution in [0.1, 0.15) is 16.8 Å². The second-order valence-electron chi connectivity index (χ2n) is 3.60. The van der Waals surface area contributed by atoms with Gasteiger partial charge in [-0.05, 0) is 6.42 Å². The predicted octanol–water partition coefficient (Wildman–Crippen LogP) is -0.373. The molecule has 1 saturated heterocycles. The molecule has 0 bridgehead atoms. The van der Waals surface area contributed by atoms with Gasteiger partial charge in [0.05, 0.1) is 17.9 Å². The molecule has 1 atom stereocenters. The van der Waals surface area contributed by atoms with Crippen molar-refractivity contribution in [2.75, 3.05) is 13.1 Å². The quantitative estimate of drug-likeness (QED) is 0.665. The van der Waals surface area contributed by atoms with Gasteiger partial charge in [-0.1, -0.05) is 0 Å². The highest BCUT2D eigenvalue weighted by Gasteiger charge is 2.25. The first kappa shape index (κ1) is 9.21. The normalized spacial score (nSPS) is 21.6. The molecule has 1 amide bonds. The van der Waals surface area contributed by atoms with Crippen LogP contribution in [0.4, 0.5) is 0 Å². The Bertz CT molecular complexity index is 348. The first-order valence-electron chi connectivity index (χ1n) is 4.63. The molecule has 1 fully saturated rings. The van der Waals surface area contributed by atoms with E-state index >= 15 is 0 Å². The molecular formula is C9H13N3O2. The molecule has 2 rings (SSSR count). The van der Waals surface area contributed by atoms with E-state index in [4.69, 9.17) is 0 Å². The molecule has 1 aromatic heterocycles. The molecule has 1 N–H and O–H groups in total. The average Bonchev–Trinajstić information content (AvgIpc) is 2.73. The fourth-order valence-electron chi connectivity index (χ4n) is 1.64. The van der Waals surface area contributed by atoms with Gasteiger partial charge in [-0.2, -0.15) is 5.10 Å². The second kappa shape index (κ2) is 3.42. The Balaban J connectivity index is 2.09. The van der Waals surface area contributed by atoms with Crippen LogP contribution >= 0.6 is 0 Å². The van der Waals surface area contributed by atoms with Crippen LogP contribution in [0.15, 0.2) is 12.4 Å². The molecule has 1 aliphatic heterocycles. The van der Waals surface area contributed by atoms with E-state index < -0.39 is 0 Å². The molecule has 76 valence electrons. The number of aryl methyl sites for hydroxylation is 1. The van der Waals surface area contributed by atoms with Gasteiger partial charge in [0.15, 0.2) is 0 Å². The number of hydrogen-bond acceptors (Lipinski definition) is 3. The van der Waals surface area contributed by atoms with Crippen molar-refractivity contribution < 1.29 is 9.90 Å². The molecule has 14 heavy (non-hydrogen) atoms. The zero-order valence-electron chi connectivity index (χ0n) is 8.05. The van der Waals surface area contributed by atoms with Gasteiger partial charge in [-0.3, -0.25) is 9.48 Å². The maximum atomic E-state index is 11.8. The highest BCUT2D eigenvalue weighted by atomic mass is 16.3. The minimum Gasteiger partial charge on any atom is -0.391 e. The SMILES string of the molecule is Cn1cc(C(=O)N2CC[C@@H](O)C2)cn1. The molecule has 0 unspecified atom stereocenters. The number of carbonyl (C=O) groups is 1. The van der Waals surface area contributed by atoms with Crippen LogP contribution in [-0.2, 0) is 7.05 Å². The Morgan fingerprint density at radius 3 is 3.00 bits per heavy atom. The number of rotatable bonds is 1. The lowest BCUT2D eigenvalue weighted by Crippen LogP contribution is -2.29. The van der Waals surface area contributed by atoms with Gasteiger partial charge in [0.1, 0.15) is 0 Å². The van der Waals surface area contributed by atoms with Gasteiger partial charge in [0.2, 0.25) is 0 Å². The predicted molar refractivity (Wildman–Crippen MR) is 49.7 cm³/mol. The summed E-state index contributed by atoms with van der Waals surface area (Å²) in [5, 5.41) is 13.2. The van der Waals surface area contributed by atoms with E-state index in [1.807, 2.05) is 0 Å². The van der Waals surface area contributed by atoms with Gasteiger partial charge in [0.25, 0.3) is 5.91 Å². The molecule has 5 nitrogen and oxygen atoms in total. The molecule has 5 heteroatoms. The van der Waals surface area contributed by atoms with Crippen molar-refractivity contribution in [3.63, 3.8) is 0 Å². The van der Waals surface area contributed by atoms with Gasteiger partial charge < -0.3 is 10.0 Å². The van der Waals surface area contributed by atoms with Crippen molar-refractivity contribution in [1.82, 2.24) is 14.7 Å². The first-order valence-corrected chi connectivity index (χ1v) is 4.63. The number of hydrogen-bond donors (Lipinski definition) is 1. The van der Waals surface area contributed by atoms with Crippen LogP contribution in [-0.4, -0.2) is 44.9 Å². The largest absolute Gasteiger partial charge is 0.391 e. The standard InChI is InChI=1S/C9H13N3O2/c1-11-5-7(4-10-11)9(14)12-3-2-8(13)6-12/h4-5,8,13H,2-3,6H2,1H3/t8-/m1/s1. The van der Waals surface area contributed by atoms with Crippen LogP contribution in [0.5, 0.6) is 0 Å². The van der Waals surface area contributed by atoms with Crippen LogP contribution in [0.3, 0.4) is 0 Å². The monoisotopic (exact) mass is 195 g/mol. The van der Waals surface area contributed by atoms with Crippen molar-refractivity contribution >= 4 is 5.91 Å². The summed E-state index contributed by atoms with van der Waals surface area (Å²) in [5.41, 5.74) is 0.585. The summed E-state index contributed by atoms with van der Waals surface area (Å²) in [4.78, 5) is 13.4. The number of aliphatic hydroxyl groups is 1. The topological polar surface area (TPSA) is 58.4 Å². The average molecular weight is 195 g/mol. The molecule has 2 heterocycles. The van der Waals surface area contributed by atoms with Crippen molar-refractivity contribution in [1.29, 1.82) is 0 Å². The van der Waals surface area contributed by atoms with Crippen LogP contribution in [0.25, 0.3) is 0 Å². The lowest BCUT2D eigenvalue weighted by molar-refractivity contribution is 0.0765. The summed E-state index contributed by atoms with van der Waals surface area (Å²) in [6, 6.07) is 0. The van der Waals surface area contributed by atoms with Crippen molar-refractivity contribution in [2.24, 2.45) is 7.05 Å². The maximum absolute atomic E-state index is 11.8. The summed E-state index contributed by atoms with van der Waals surface area (Å²) in [6.07, 6.45) is 3.54. The van der Waals surface area contributed by atoms with E-state index in [1.165, 1.54) is 0 Å². The lowest BCUT2D eigenvalue weighted by atomic mass is 10.3. The molecule has 0 aromatic carbocycles. The first-order chi connectivity index (χ1) is 6.66. The Kier molecular flexibility index (Phi) is 2.25. The number of carbonyl (C=O) groups excluding carboxylic acids is 1. The van der Waals surface area contributed by atoms with Crippen molar-refractivity contribution in [3.8, 4) is 0 Å². The Hall–Kier alpha value is -1.36. The molecule has 0 spiro atoms. The van der Waals surface area contributed by atoms with Crippen molar-refractivity contribution in [3.05, 3.63) is 18.0 Å². The smallest absolute Gasteiger partial charge is 0.257 e. The van der Waals surface area contributed by atoms with E-state index in [2.05, 4.69) is 5.10 Å². The Labute approximate surface area is 81.9 Å². The van der Waals surface area contributed by atoms with E-state index in [9.17, 15) is 9.90 Å². The summed E-state index contributed by atoms with van der Waals surface area (Å²) in [7, 11) is 1.77. The van der Waals surface area contributed by atoms with E-state index in [0.29, 0.717) is 25.1 Å². The summed E-state index contributed by atoms with van der Waals surface area (Å²) >= 11 is 0. The minimum atomic E-state index is -0.365. The number of β-amino-alcohol motifs (C(OH)–C–C–N with tert-alkyl or cyclic N) is 1. The van der Waals surface area contributed by atoms with E-state index in [-0.39, 0.29) is 12.0 Å². The molecule has 0 saturated carbocycles. The highest BCUT2D eigenvalue weighted by Crippen LogP contribution is 2.12. The van der Waals surface area contributed by atoms with Gasteiger partial charge in [-0.15, -0.1) is 0 Å². The van der Waals surface area contributed by atoms with E-state index in [1.54, 1.807) is 29.0 Å². The Morgan fingerprint density at radius 2 is 2.50 bits per heavy atom. The molecule has 1 aliphatic rings. The third kappa shape index (κ3) is 1.63. The number of likely N-dealkylation sites (tertiary alicyclic amines) is 1. The number of aliphatic hydroxyl groups excluding tert-OH is 1. The lowest BCUT2D eigenvalue weighted by Gasteiger charge is -2.13. The van der Waals surface area contributed by atoms with E-state index in [0.717, 1.165) is 0 Å². The number of nitrogens with zero attached hydrogens (tertiary/aromatic N) is 3. The Morgan fingerprint density at radius 1 is 1.71 bits per heavy atom. The zero-order valence-corrected chi connectivity index (χ0v) is 8.05. The van der Waals surface area contributed by atoms with Gasteiger partial charge in [-0.25, -0.2) is 0 Å². The minimum absolute atomic E-state index is 0.0466. The van der Waals surface area contributed by atoms with Crippen LogP contribution in [0.2, 0.25) is 0 Å². The second-order valence-corrected chi connectivity index (χ2v) is 3.60. The number of aromatic nitrogens is 2. The molecular weight excluding hydrogens is 182 g/mol. The molecule has 1 aromatic rings. The van der Waals surface area contributed by atoms with Crippen LogP contribution in [0, 0.1) is 0 Å². The highest BCUT2D eigenvalue weighted by molar-refractivity contribution is 5.93. The molecule has 0 aliphatic carbocycles.